The summed E-state index contributed by atoms with van der Waals surface area (Å²) in [6.07, 6.45) is 6.50. The van der Waals surface area contributed by atoms with Gasteiger partial charge in [-0.3, -0.25) is 14.2 Å². The number of esters is 1. The Morgan fingerprint density at radius 3 is 2.48 bits per heavy atom. The van der Waals surface area contributed by atoms with E-state index in [9.17, 15) is 14.4 Å². The zero-order chi connectivity index (χ0) is 15.6. The van der Waals surface area contributed by atoms with Crippen molar-refractivity contribution in [3.05, 3.63) is 28.8 Å². The standard InChI is InChI=1S/C15H17NO5/c1-9(17)16-8-11(12-5-3-4-6-13(12)16)7-14(15(19)20)21-10(2)18/h7-8H,3-6H2,1-2H3,(H,19,20)/b14-7-. The molecule has 1 aromatic heterocycles. The van der Waals surface area contributed by atoms with Crippen LogP contribution in [0.3, 0.4) is 0 Å². The van der Waals surface area contributed by atoms with Gasteiger partial charge in [-0.15, -0.1) is 0 Å². The molecular weight excluding hydrogens is 274 g/mol. The summed E-state index contributed by atoms with van der Waals surface area (Å²) >= 11 is 0. The summed E-state index contributed by atoms with van der Waals surface area (Å²) in [5, 5.41) is 9.08. The second-order valence-corrected chi connectivity index (χ2v) is 5.01. The number of ether oxygens (including phenoxy) is 1. The molecule has 0 unspecified atom stereocenters. The number of hydrogen-bond acceptors (Lipinski definition) is 4. The normalized spacial score (nSPS) is 14.5. The van der Waals surface area contributed by atoms with Crippen molar-refractivity contribution in [1.82, 2.24) is 4.57 Å². The Labute approximate surface area is 122 Å². The number of aromatic nitrogens is 1. The summed E-state index contributed by atoms with van der Waals surface area (Å²) in [6, 6.07) is 0. The van der Waals surface area contributed by atoms with Gasteiger partial charge in [-0.05, 0) is 37.3 Å². The van der Waals surface area contributed by atoms with E-state index in [-0.39, 0.29) is 5.91 Å². The van der Waals surface area contributed by atoms with Gasteiger partial charge < -0.3 is 9.84 Å². The zero-order valence-electron chi connectivity index (χ0n) is 12.0. The Balaban J connectivity index is 2.50. The van der Waals surface area contributed by atoms with Crippen LogP contribution in [0.25, 0.3) is 6.08 Å². The van der Waals surface area contributed by atoms with Crippen molar-refractivity contribution >= 4 is 23.9 Å². The maximum atomic E-state index is 11.7. The molecule has 0 saturated carbocycles. The number of aliphatic carboxylic acids is 1. The summed E-state index contributed by atoms with van der Waals surface area (Å²) in [5.74, 6) is -2.55. The molecule has 1 aliphatic carbocycles. The van der Waals surface area contributed by atoms with Gasteiger partial charge in [0.2, 0.25) is 11.7 Å². The average molecular weight is 291 g/mol. The van der Waals surface area contributed by atoms with Gasteiger partial charge in [-0.1, -0.05) is 0 Å². The summed E-state index contributed by atoms with van der Waals surface area (Å²) in [4.78, 5) is 33.8. The molecule has 1 aliphatic rings. The topological polar surface area (TPSA) is 85.6 Å². The molecule has 0 fully saturated rings. The molecule has 0 bridgehead atoms. The van der Waals surface area contributed by atoms with E-state index in [0.29, 0.717) is 5.56 Å². The van der Waals surface area contributed by atoms with Crippen LogP contribution >= 0.6 is 0 Å². The smallest absolute Gasteiger partial charge is 0.371 e. The van der Waals surface area contributed by atoms with Crippen molar-refractivity contribution in [1.29, 1.82) is 0 Å². The number of carbonyl (C=O) groups is 3. The molecule has 0 amide bonds. The molecular formula is C15H17NO5. The van der Waals surface area contributed by atoms with Gasteiger partial charge in [-0.2, -0.15) is 0 Å². The predicted octanol–water partition coefficient (Wildman–Crippen LogP) is 2.02. The Hall–Kier alpha value is -2.37. The number of fused-ring (bicyclic) bond motifs is 1. The third-order valence-electron chi connectivity index (χ3n) is 3.44. The van der Waals surface area contributed by atoms with Crippen LogP contribution in [0.15, 0.2) is 12.0 Å². The van der Waals surface area contributed by atoms with Crippen molar-refractivity contribution in [2.45, 2.75) is 39.5 Å². The second kappa shape index (κ2) is 5.95. The van der Waals surface area contributed by atoms with E-state index in [4.69, 9.17) is 9.84 Å². The molecule has 0 atom stereocenters. The minimum Gasteiger partial charge on any atom is -0.475 e. The van der Waals surface area contributed by atoms with Gasteiger partial charge >= 0.3 is 11.9 Å². The first-order valence-corrected chi connectivity index (χ1v) is 6.77. The van der Waals surface area contributed by atoms with Crippen molar-refractivity contribution < 1.29 is 24.2 Å². The number of nitrogens with zero attached hydrogens (tertiary/aromatic N) is 1. The van der Waals surface area contributed by atoms with Gasteiger partial charge in [0.25, 0.3) is 0 Å². The summed E-state index contributed by atoms with van der Waals surface area (Å²) in [7, 11) is 0. The molecule has 0 aromatic carbocycles. The highest BCUT2D eigenvalue weighted by molar-refractivity contribution is 5.93. The molecule has 0 radical (unpaired) electrons. The van der Waals surface area contributed by atoms with Gasteiger partial charge in [0.1, 0.15) is 0 Å². The van der Waals surface area contributed by atoms with Crippen molar-refractivity contribution in [3.8, 4) is 0 Å². The maximum absolute atomic E-state index is 11.7. The van der Waals surface area contributed by atoms with Gasteiger partial charge in [0.15, 0.2) is 0 Å². The molecule has 6 heteroatoms. The van der Waals surface area contributed by atoms with E-state index in [0.717, 1.165) is 43.9 Å². The van der Waals surface area contributed by atoms with E-state index in [2.05, 4.69) is 0 Å². The SMILES string of the molecule is CC(=O)O/C(=C\c1cn(C(C)=O)c2c1CCCC2)C(=O)O. The fourth-order valence-electron chi connectivity index (χ4n) is 2.60. The van der Waals surface area contributed by atoms with Gasteiger partial charge in [0.05, 0.1) is 0 Å². The highest BCUT2D eigenvalue weighted by Crippen LogP contribution is 2.28. The van der Waals surface area contributed by atoms with Crippen LogP contribution in [-0.4, -0.2) is 27.5 Å². The highest BCUT2D eigenvalue weighted by Gasteiger charge is 2.21. The van der Waals surface area contributed by atoms with Crippen LogP contribution in [0, 0.1) is 0 Å². The van der Waals surface area contributed by atoms with E-state index in [1.54, 1.807) is 10.8 Å². The van der Waals surface area contributed by atoms with Crippen LogP contribution in [-0.2, 0) is 27.2 Å². The molecule has 21 heavy (non-hydrogen) atoms. The van der Waals surface area contributed by atoms with E-state index < -0.39 is 17.7 Å². The van der Waals surface area contributed by atoms with Crippen LogP contribution in [0.4, 0.5) is 0 Å². The Morgan fingerprint density at radius 1 is 1.24 bits per heavy atom. The number of carboxylic acids is 1. The number of carbonyl (C=O) groups excluding carboxylic acids is 2. The first-order chi connectivity index (χ1) is 9.90. The molecule has 1 N–H and O–H groups in total. The fraction of sp³-hybridized carbons (Fsp3) is 0.400. The van der Waals surface area contributed by atoms with Crippen LogP contribution in [0.2, 0.25) is 0 Å². The number of rotatable bonds is 3. The third-order valence-corrected chi connectivity index (χ3v) is 3.44. The zero-order valence-corrected chi connectivity index (χ0v) is 12.0. The molecule has 1 aromatic rings. The predicted molar refractivity (Wildman–Crippen MR) is 74.8 cm³/mol. The highest BCUT2D eigenvalue weighted by atomic mass is 16.6. The van der Waals surface area contributed by atoms with E-state index >= 15 is 0 Å². The van der Waals surface area contributed by atoms with Gasteiger partial charge in [0, 0.05) is 31.3 Å². The maximum Gasteiger partial charge on any atom is 0.371 e. The van der Waals surface area contributed by atoms with E-state index in [1.165, 1.54) is 13.0 Å². The lowest BCUT2D eigenvalue weighted by molar-refractivity contribution is -0.146. The molecule has 2 rings (SSSR count). The fourth-order valence-corrected chi connectivity index (χ4v) is 2.60. The number of carboxylic acid groups (broad SMARTS) is 1. The van der Waals surface area contributed by atoms with Crippen LogP contribution < -0.4 is 0 Å². The minimum absolute atomic E-state index is 0.114. The third kappa shape index (κ3) is 3.21. The molecule has 1 heterocycles. The number of hydrogen-bond donors (Lipinski definition) is 1. The van der Waals surface area contributed by atoms with Crippen molar-refractivity contribution in [2.75, 3.05) is 0 Å². The molecule has 6 nitrogen and oxygen atoms in total. The Bertz CT molecular complexity index is 639. The Kier molecular flexibility index (Phi) is 4.26. The molecule has 0 saturated heterocycles. The monoisotopic (exact) mass is 291 g/mol. The molecule has 0 aliphatic heterocycles. The summed E-state index contributed by atoms with van der Waals surface area (Å²) in [5.41, 5.74) is 2.51. The van der Waals surface area contributed by atoms with Gasteiger partial charge in [-0.25, -0.2) is 4.79 Å². The Morgan fingerprint density at radius 2 is 1.90 bits per heavy atom. The van der Waals surface area contributed by atoms with Crippen LogP contribution in [0.5, 0.6) is 0 Å². The molecule has 112 valence electrons. The lowest BCUT2D eigenvalue weighted by Crippen LogP contribution is -2.12. The molecule has 0 spiro atoms. The lowest BCUT2D eigenvalue weighted by Gasteiger charge is -2.14. The summed E-state index contributed by atoms with van der Waals surface area (Å²) < 4.78 is 6.25. The lowest BCUT2D eigenvalue weighted by atomic mass is 9.95. The first kappa shape index (κ1) is 15.0. The van der Waals surface area contributed by atoms with Crippen LogP contribution in [0.1, 0.15) is 48.3 Å². The average Bonchev–Trinajstić information content (AvgIpc) is 2.77. The second-order valence-electron chi connectivity index (χ2n) is 5.01. The van der Waals surface area contributed by atoms with E-state index in [1.807, 2.05) is 0 Å². The van der Waals surface area contributed by atoms with Crippen molar-refractivity contribution in [2.24, 2.45) is 0 Å². The summed E-state index contributed by atoms with van der Waals surface area (Å²) in [6.45, 7) is 2.61. The minimum atomic E-state index is -1.31. The quantitative estimate of drug-likeness (QED) is 0.523. The largest absolute Gasteiger partial charge is 0.475 e. The van der Waals surface area contributed by atoms with Crippen molar-refractivity contribution in [3.63, 3.8) is 0 Å². The first-order valence-electron chi connectivity index (χ1n) is 6.77.